The van der Waals surface area contributed by atoms with Crippen LogP contribution in [0.3, 0.4) is 0 Å². The van der Waals surface area contributed by atoms with Gasteiger partial charge in [0.1, 0.15) is 0 Å². The van der Waals surface area contributed by atoms with Crippen LogP contribution in [0.2, 0.25) is 0 Å². The molecule has 2 aromatic rings. The van der Waals surface area contributed by atoms with E-state index in [1.54, 1.807) is 35.1 Å². The monoisotopic (exact) mass is 343 g/mol. The summed E-state index contributed by atoms with van der Waals surface area (Å²) in [7, 11) is -3.43. The standard InChI is InChI=1S/C12H14BrN3O2S/c13-11-4-1-5-12(10-11)19(17,18)15-7-3-9-16-8-2-6-14-16/h1-2,4-6,8,10,15H,3,7,9H2. The number of benzene rings is 1. The van der Waals surface area contributed by atoms with E-state index in [1.165, 1.54) is 0 Å². The fourth-order valence-corrected chi connectivity index (χ4v) is 3.27. The van der Waals surface area contributed by atoms with E-state index >= 15 is 0 Å². The van der Waals surface area contributed by atoms with Crippen molar-refractivity contribution in [3.63, 3.8) is 0 Å². The van der Waals surface area contributed by atoms with E-state index in [0.717, 1.165) is 4.47 Å². The highest BCUT2D eigenvalue weighted by molar-refractivity contribution is 9.10. The maximum Gasteiger partial charge on any atom is 0.240 e. The van der Waals surface area contributed by atoms with Gasteiger partial charge in [-0.1, -0.05) is 22.0 Å². The Hall–Kier alpha value is -1.18. The van der Waals surface area contributed by atoms with Crippen molar-refractivity contribution in [1.29, 1.82) is 0 Å². The Morgan fingerprint density at radius 3 is 2.84 bits per heavy atom. The number of rotatable bonds is 6. The second kappa shape index (κ2) is 6.31. The van der Waals surface area contributed by atoms with E-state index in [9.17, 15) is 8.42 Å². The summed E-state index contributed by atoms with van der Waals surface area (Å²) in [5, 5.41) is 4.05. The maximum atomic E-state index is 12.0. The Labute approximate surface area is 120 Å². The molecule has 5 nitrogen and oxygen atoms in total. The molecule has 7 heteroatoms. The molecule has 0 atom stereocenters. The summed E-state index contributed by atoms with van der Waals surface area (Å²) in [6, 6.07) is 8.47. The molecule has 0 unspecified atom stereocenters. The van der Waals surface area contributed by atoms with Crippen molar-refractivity contribution in [3.05, 3.63) is 47.2 Å². The fraction of sp³-hybridized carbons (Fsp3) is 0.250. The van der Waals surface area contributed by atoms with Crippen molar-refractivity contribution in [2.75, 3.05) is 6.54 Å². The van der Waals surface area contributed by atoms with Gasteiger partial charge in [0.25, 0.3) is 0 Å². The minimum absolute atomic E-state index is 0.265. The van der Waals surface area contributed by atoms with Crippen LogP contribution in [0.15, 0.2) is 52.1 Å². The highest BCUT2D eigenvalue weighted by atomic mass is 79.9. The van der Waals surface area contributed by atoms with Gasteiger partial charge in [-0.3, -0.25) is 4.68 Å². The molecule has 0 radical (unpaired) electrons. The number of halogens is 1. The van der Waals surface area contributed by atoms with Gasteiger partial charge >= 0.3 is 0 Å². The topological polar surface area (TPSA) is 64.0 Å². The average Bonchev–Trinajstić information content (AvgIpc) is 2.88. The Balaban J connectivity index is 1.88. The van der Waals surface area contributed by atoms with Gasteiger partial charge in [0.05, 0.1) is 4.90 Å². The molecule has 0 amide bonds. The van der Waals surface area contributed by atoms with Crippen LogP contribution < -0.4 is 4.72 Å². The number of sulfonamides is 1. The van der Waals surface area contributed by atoms with Crippen molar-refractivity contribution < 1.29 is 8.42 Å². The Kier molecular flexibility index (Phi) is 4.73. The van der Waals surface area contributed by atoms with Crippen molar-refractivity contribution in [2.45, 2.75) is 17.9 Å². The van der Waals surface area contributed by atoms with Gasteiger partial charge in [0, 0.05) is 30.0 Å². The molecule has 2 rings (SSSR count). The summed E-state index contributed by atoms with van der Waals surface area (Å²) in [5.41, 5.74) is 0. The lowest BCUT2D eigenvalue weighted by atomic mass is 10.4. The molecule has 0 bridgehead atoms. The molecule has 102 valence electrons. The molecule has 0 saturated heterocycles. The fourth-order valence-electron chi connectivity index (χ4n) is 1.60. The first-order valence-corrected chi connectivity index (χ1v) is 8.08. The molecule has 1 aromatic carbocycles. The van der Waals surface area contributed by atoms with Crippen LogP contribution in [-0.4, -0.2) is 24.7 Å². The minimum Gasteiger partial charge on any atom is -0.273 e. The van der Waals surface area contributed by atoms with Gasteiger partial charge < -0.3 is 0 Å². The lowest BCUT2D eigenvalue weighted by Crippen LogP contribution is -2.25. The summed E-state index contributed by atoms with van der Waals surface area (Å²) in [6.07, 6.45) is 4.24. The van der Waals surface area contributed by atoms with Gasteiger partial charge in [0.2, 0.25) is 10.0 Å². The number of hydrogen-bond acceptors (Lipinski definition) is 3. The first-order valence-electron chi connectivity index (χ1n) is 5.80. The van der Waals surface area contributed by atoms with Crippen LogP contribution in [0, 0.1) is 0 Å². The molecule has 0 aliphatic heterocycles. The van der Waals surface area contributed by atoms with E-state index in [4.69, 9.17) is 0 Å². The van der Waals surface area contributed by atoms with Crippen molar-refractivity contribution in [1.82, 2.24) is 14.5 Å². The molecular formula is C12H14BrN3O2S. The molecular weight excluding hydrogens is 330 g/mol. The molecule has 0 aliphatic rings. The second-order valence-electron chi connectivity index (χ2n) is 3.98. The van der Waals surface area contributed by atoms with E-state index in [2.05, 4.69) is 25.8 Å². The predicted octanol–water partition coefficient (Wildman–Crippen LogP) is 2.01. The third kappa shape index (κ3) is 4.15. The zero-order valence-corrected chi connectivity index (χ0v) is 12.6. The van der Waals surface area contributed by atoms with E-state index in [0.29, 0.717) is 19.5 Å². The van der Waals surface area contributed by atoms with Gasteiger partial charge in [0.15, 0.2) is 0 Å². The normalized spacial score (nSPS) is 11.6. The summed E-state index contributed by atoms with van der Waals surface area (Å²) in [4.78, 5) is 0.265. The number of nitrogens with zero attached hydrogens (tertiary/aromatic N) is 2. The summed E-state index contributed by atoms with van der Waals surface area (Å²) >= 11 is 3.26. The summed E-state index contributed by atoms with van der Waals surface area (Å²) in [5.74, 6) is 0. The van der Waals surface area contributed by atoms with Crippen LogP contribution >= 0.6 is 15.9 Å². The highest BCUT2D eigenvalue weighted by Gasteiger charge is 2.12. The highest BCUT2D eigenvalue weighted by Crippen LogP contribution is 2.15. The SMILES string of the molecule is O=S(=O)(NCCCn1cccn1)c1cccc(Br)c1. The lowest BCUT2D eigenvalue weighted by molar-refractivity contribution is 0.553. The third-order valence-electron chi connectivity index (χ3n) is 2.52. The predicted molar refractivity (Wildman–Crippen MR) is 76.2 cm³/mol. The molecule has 1 N–H and O–H groups in total. The van der Waals surface area contributed by atoms with Crippen LogP contribution in [0.5, 0.6) is 0 Å². The molecule has 0 spiro atoms. The molecule has 1 aromatic heterocycles. The first kappa shape index (κ1) is 14.2. The van der Waals surface area contributed by atoms with Crippen LogP contribution in [-0.2, 0) is 16.6 Å². The van der Waals surface area contributed by atoms with E-state index in [-0.39, 0.29) is 4.90 Å². The second-order valence-corrected chi connectivity index (χ2v) is 6.66. The van der Waals surface area contributed by atoms with Gasteiger partial charge in [-0.25, -0.2) is 13.1 Å². The molecule has 19 heavy (non-hydrogen) atoms. The number of aromatic nitrogens is 2. The maximum absolute atomic E-state index is 12.0. The van der Waals surface area contributed by atoms with E-state index < -0.39 is 10.0 Å². The van der Waals surface area contributed by atoms with Crippen LogP contribution in [0.25, 0.3) is 0 Å². The van der Waals surface area contributed by atoms with Crippen molar-refractivity contribution in [3.8, 4) is 0 Å². The Morgan fingerprint density at radius 1 is 1.32 bits per heavy atom. The van der Waals surface area contributed by atoms with Gasteiger partial charge in [-0.15, -0.1) is 0 Å². The number of nitrogens with one attached hydrogen (secondary N) is 1. The molecule has 1 heterocycles. The van der Waals surface area contributed by atoms with Crippen LogP contribution in [0.4, 0.5) is 0 Å². The zero-order valence-electron chi connectivity index (χ0n) is 10.2. The molecule has 0 aliphatic carbocycles. The quantitative estimate of drug-likeness (QED) is 0.816. The largest absolute Gasteiger partial charge is 0.273 e. The summed E-state index contributed by atoms with van der Waals surface area (Å²) < 4.78 is 29.1. The molecule has 0 saturated carbocycles. The Morgan fingerprint density at radius 2 is 2.16 bits per heavy atom. The Bertz CT molecular complexity index is 626. The van der Waals surface area contributed by atoms with Gasteiger partial charge in [-0.05, 0) is 30.7 Å². The van der Waals surface area contributed by atoms with Crippen molar-refractivity contribution in [2.24, 2.45) is 0 Å². The lowest BCUT2D eigenvalue weighted by Gasteiger charge is -2.07. The zero-order chi connectivity index (χ0) is 13.7. The third-order valence-corrected chi connectivity index (χ3v) is 4.47. The minimum atomic E-state index is -3.43. The number of aryl methyl sites for hydroxylation is 1. The smallest absolute Gasteiger partial charge is 0.240 e. The van der Waals surface area contributed by atoms with E-state index in [1.807, 2.05) is 12.3 Å². The van der Waals surface area contributed by atoms with Crippen molar-refractivity contribution >= 4 is 26.0 Å². The number of hydrogen-bond donors (Lipinski definition) is 1. The van der Waals surface area contributed by atoms with Crippen LogP contribution in [0.1, 0.15) is 6.42 Å². The first-order chi connectivity index (χ1) is 9.08. The van der Waals surface area contributed by atoms with Gasteiger partial charge in [-0.2, -0.15) is 5.10 Å². The summed E-state index contributed by atoms with van der Waals surface area (Å²) in [6.45, 7) is 1.07. The molecule has 0 fully saturated rings. The average molecular weight is 344 g/mol.